The number of carbonyl (C=O) groups excluding carboxylic acids is 3. The quantitative estimate of drug-likeness (QED) is 0.602. The first kappa shape index (κ1) is 7.43. The van der Waals surface area contributed by atoms with Gasteiger partial charge < -0.3 is 5.73 Å². The van der Waals surface area contributed by atoms with Crippen molar-refractivity contribution in [1.82, 2.24) is 5.32 Å². The maximum Gasteiger partial charge on any atom is 0.230 e. The SMILES string of the molecule is [2H]C1(C2Cc3c(N)cccc3C2=O)CCC(=O)NC1=O.[2H][2H].[2H][2H].[2H][2H].[2H][2H]. The van der Waals surface area contributed by atoms with E-state index in [9.17, 15) is 14.4 Å². The average molecular weight is 275 g/mol. The zero-order chi connectivity index (χ0) is 22.5. The molecule has 0 saturated carbocycles. The van der Waals surface area contributed by atoms with E-state index in [0.717, 1.165) is 0 Å². The van der Waals surface area contributed by atoms with Gasteiger partial charge in [0.25, 0.3) is 0 Å². The van der Waals surface area contributed by atoms with E-state index >= 15 is 0 Å². The molecule has 0 radical (unpaired) electrons. The number of imide groups is 1. The van der Waals surface area contributed by atoms with Gasteiger partial charge in [-0.1, -0.05) is 12.1 Å². The van der Waals surface area contributed by atoms with Crippen molar-refractivity contribution in [3.8, 4) is 0 Å². The van der Waals surface area contributed by atoms with Crippen LogP contribution in [0.25, 0.3) is 0 Å². The minimum absolute atomic E-state index is 0.0714. The van der Waals surface area contributed by atoms with Crippen LogP contribution >= 0.6 is 0 Å². The van der Waals surface area contributed by atoms with Gasteiger partial charge >= 0.3 is 0 Å². The number of fused-ring (bicyclic) bond motifs is 1. The third kappa shape index (κ3) is 1.82. The highest BCUT2D eigenvalue weighted by atomic mass is 16.2. The summed E-state index contributed by atoms with van der Waals surface area (Å²) in [6.07, 6.45) is 0.443. The second kappa shape index (κ2) is 4.19. The number of nitrogens with one attached hydrogen (secondary N) is 1. The van der Waals surface area contributed by atoms with E-state index in [1.54, 1.807) is 18.2 Å². The number of nitrogen functional groups attached to an aromatic ring is 1. The molecule has 19 heavy (non-hydrogen) atoms. The normalized spacial score (nSPS) is 32.5. The van der Waals surface area contributed by atoms with E-state index in [4.69, 9.17) is 19.0 Å². The summed E-state index contributed by atoms with van der Waals surface area (Å²) in [5.41, 5.74) is 7.57. The predicted molar refractivity (Wildman–Crippen MR) is 76.7 cm³/mol. The number of benzene rings is 1. The van der Waals surface area contributed by atoms with Gasteiger partial charge in [-0.05, 0) is 24.5 Å². The summed E-state index contributed by atoms with van der Waals surface area (Å²) in [5.74, 6) is -3.66. The van der Waals surface area contributed by atoms with Gasteiger partial charge in [0.2, 0.25) is 11.8 Å². The van der Waals surface area contributed by atoms with Crippen LogP contribution < -0.4 is 11.1 Å². The molecule has 0 spiro atoms. The fourth-order valence-corrected chi connectivity index (χ4v) is 2.79. The fourth-order valence-electron chi connectivity index (χ4n) is 2.79. The molecule has 2 aliphatic rings. The van der Waals surface area contributed by atoms with Crippen LogP contribution in [0.15, 0.2) is 18.2 Å². The Morgan fingerprint density at radius 1 is 1.42 bits per heavy atom. The molecule has 5 heteroatoms. The third-order valence-electron chi connectivity index (χ3n) is 3.79. The molecule has 1 aromatic carbocycles. The number of piperidine rings is 1. The molecule has 3 N–H and O–H groups in total. The van der Waals surface area contributed by atoms with E-state index in [1.807, 2.05) is 0 Å². The molecule has 3 rings (SSSR count). The Morgan fingerprint density at radius 3 is 2.89 bits per heavy atom. The van der Waals surface area contributed by atoms with Crippen LogP contribution in [0.2, 0.25) is 0 Å². The van der Waals surface area contributed by atoms with Crippen LogP contribution in [-0.4, -0.2) is 17.6 Å². The Morgan fingerprint density at radius 2 is 2.21 bits per heavy atom. The summed E-state index contributed by atoms with van der Waals surface area (Å²) >= 11 is 0. The average Bonchev–Trinajstić information content (AvgIpc) is 3.10. The molecule has 1 aliphatic heterocycles. The summed E-state index contributed by atoms with van der Waals surface area (Å²) < 4.78 is 48.4. The monoisotopic (exact) mass is 275 g/mol. The van der Waals surface area contributed by atoms with Gasteiger partial charge in [-0.3, -0.25) is 19.7 Å². The highest BCUT2D eigenvalue weighted by Crippen LogP contribution is 2.37. The fraction of sp³-hybridized carbons (Fsp3) is 0.357. The number of hydrogen-bond donors (Lipinski definition) is 2. The van der Waals surface area contributed by atoms with Crippen molar-refractivity contribution in [3.05, 3.63) is 29.3 Å². The lowest BCUT2D eigenvalue weighted by atomic mass is 9.83. The number of ketones is 1. The summed E-state index contributed by atoms with van der Waals surface area (Å²) in [6.45, 7) is 0. The van der Waals surface area contributed by atoms with Crippen LogP contribution in [-0.2, 0) is 16.0 Å². The maximum absolute atomic E-state index is 12.4. The van der Waals surface area contributed by atoms with Gasteiger partial charge in [-0.2, -0.15) is 0 Å². The summed E-state index contributed by atoms with van der Waals surface area (Å²) in [7, 11) is 0. The molecule has 2 atom stereocenters. The molecule has 1 aliphatic carbocycles. The Kier molecular flexibility index (Phi) is 1.64. The number of hydrogen-bond acceptors (Lipinski definition) is 4. The largest absolute Gasteiger partial charge is 0.398 e. The van der Waals surface area contributed by atoms with Gasteiger partial charge in [-0.15, -0.1) is 0 Å². The van der Waals surface area contributed by atoms with Gasteiger partial charge in [-0.25, -0.2) is 0 Å². The molecule has 2 amide bonds. The molecule has 1 aromatic rings. The molecule has 0 bridgehead atoms. The lowest BCUT2D eigenvalue weighted by Gasteiger charge is -2.24. The van der Waals surface area contributed by atoms with Crippen molar-refractivity contribution in [2.24, 2.45) is 11.8 Å². The smallest absolute Gasteiger partial charge is 0.230 e. The van der Waals surface area contributed by atoms with Gasteiger partial charge in [0, 0.05) is 42.7 Å². The molecule has 5 nitrogen and oxygen atoms in total. The molecule has 1 saturated heterocycles. The maximum atomic E-state index is 12.4. The molecule has 2 unspecified atom stereocenters. The van der Waals surface area contributed by atoms with Crippen molar-refractivity contribution < 1.29 is 27.6 Å². The Labute approximate surface area is 123 Å². The minimum Gasteiger partial charge on any atom is -0.398 e. The highest BCUT2D eigenvalue weighted by Gasteiger charge is 2.42. The number of amides is 2. The lowest BCUT2D eigenvalue weighted by molar-refractivity contribution is -0.137. The molecular weight excluding hydrogens is 244 g/mol. The number of nitrogens with two attached hydrogens (primary N) is 1. The topological polar surface area (TPSA) is 89.3 Å². The van der Waals surface area contributed by atoms with Gasteiger partial charge in [0.05, 0.1) is 0 Å². The molecule has 1 fully saturated rings. The van der Waals surface area contributed by atoms with E-state index in [2.05, 4.69) is 5.32 Å². The van der Waals surface area contributed by atoms with Gasteiger partial charge in [0.1, 0.15) is 0 Å². The van der Waals surface area contributed by atoms with Crippen molar-refractivity contribution in [2.45, 2.75) is 19.3 Å². The van der Waals surface area contributed by atoms with E-state index < -0.39 is 17.7 Å². The van der Waals surface area contributed by atoms with Crippen LogP contribution in [0.3, 0.4) is 0 Å². The van der Waals surface area contributed by atoms with E-state index in [1.165, 1.54) is 0 Å². The standard InChI is InChI=1S/C14H14N2O3.4H2/c15-11-3-1-2-7-9(11)6-10(13(7)18)8-4-5-12(17)16-14(8)19;;;;/h1-3,8,10H,4-6,15H2,(H,16,17,19);4*1H/i8D;4*1+1D. The highest BCUT2D eigenvalue weighted by molar-refractivity contribution is 6.07. The van der Waals surface area contributed by atoms with Crippen molar-refractivity contribution in [1.29, 1.82) is 0 Å². The van der Waals surface area contributed by atoms with E-state index in [-0.39, 0.29) is 31.0 Å². The summed E-state index contributed by atoms with van der Waals surface area (Å²) in [4.78, 5) is 35.6. The summed E-state index contributed by atoms with van der Waals surface area (Å²) in [6, 6.07) is 5.06. The zero-order valence-corrected chi connectivity index (χ0v) is 10.2. The first-order chi connectivity index (χ1) is 13.4. The van der Waals surface area contributed by atoms with Crippen molar-refractivity contribution in [2.75, 3.05) is 5.73 Å². The number of rotatable bonds is 1. The van der Waals surface area contributed by atoms with Crippen molar-refractivity contribution in [3.63, 3.8) is 0 Å². The number of anilines is 1. The van der Waals surface area contributed by atoms with Crippen LogP contribution in [0.1, 0.15) is 42.0 Å². The Balaban J connectivity index is 0. The molecular formula is C14H22N2O3. The Bertz CT molecular complexity index is 663. The van der Waals surface area contributed by atoms with Gasteiger partial charge in [0.15, 0.2) is 5.78 Å². The first-order valence-corrected chi connectivity index (χ1v) is 6.19. The lowest BCUT2D eigenvalue weighted by Crippen LogP contribution is -2.44. The molecule has 106 valence electrons. The third-order valence-corrected chi connectivity index (χ3v) is 3.79. The van der Waals surface area contributed by atoms with Crippen molar-refractivity contribution >= 4 is 23.3 Å². The zero-order valence-electron chi connectivity index (χ0n) is 19.2. The van der Waals surface area contributed by atoms with Crippen LogP contribution in [0.4, 0.5) is 5.69 Å². The number of carbonyl (C=O) groups is 3. The van der Waals surface area contributed by atoms with Crippen LogP contribution in [0.5, 0.6) is 0 Å². The predicted octanol–water partition coefficient (Wildman–Crippen LogP) is 1.66. The molecule has 0 aromatic heterocycles. The Hall–Kier alpha value is -2.17. The second-order valence-electron chi connectivity index (χ2n) is 4.90. The first-order valence-electron chi connectivity index (χ1n) is 10.7. The molecule has 1 heterocycles. The summed E-state index contributed by atoms with van der Waals surface area (Å²) in [5, 5.41) is 2.16. The minimum atomic E-state index is -1.59. The second-order valence-corrected chi connectivity index (χ2v) is 4.90. The number of Topliss-reactive ketones (excluding diaryl/α,β-unsaturated/α-hetero) is 1. The van der Waals surface area contributed by atoms with E-state index in [0.29, 0.717) is 16.8 Å². The van der Waals surface area contributed by atoms with Crippen LogP contribution in [0, 0.1) is 11.8 Å².